The third kappa shape index (κ3) is 7.27. The van der Waals surface area contributed by atoms with E-state index in [2.05, 4.69) is 20.9 Å². The van der Waals surface area contributed by atoms with Crippen molar-refractivity contribution in [2.24, 2.45) is 10.4 Å². The molecule has 0 aliphatic heterocycles. The van der Waals surface area contributed by atoms with Gasteiger partial charge < -0.3 is 25.4 Å². The summed E-state index contributed by atoms with van der Waals surface area (Å²) in [7, 11) is 3.19. The van der Waals surface area contributed by atoms with Crippen LogP contribution in [0.15, 0.2) is 23.2 Å². The van der Waals surface area contributed by atoms with E-state index in [0.29, 0.717) is 37.1 Å². The number of aliphatic imine (C=N–C) groups is 1. The van der Waals surface area contributed by atoms with E-state index in [0.717, 1.165) is 5.69 Å². The molecule has 0 saturated heterocycles. The first-order valence-electron chi connectivity index (χ1n) is 8.43. The van der Waals surface area contributed by atoms with Crippen LogP contribution in [0.1, 0.15) is 27.7 Å². The van der Waals surface area contributed by atoms with Gasteiger partial charge in [-0.15, -0.1) is 24.0 Å². The van der Waals surface area contributed by atoms with E-state index < -0.39 is 5.41 Å². The number of carbonyl (C=O) groups excluding carboxylic acids is 1. The molecule has 0 heterocycles. The number of hydrogen-bond acceptors (Lipinski definition) is 4. The predicted octanol–water partition coefficient (Wildman–Crippen LogP) is 2.86. The number of nitrogens with one attached hydrogen (secondary N) is 3. The fraction of sp³-hybridized carbons (Fsp3) is 0.556. The maximum absolute atomic E-state index is 12.1. The van der Waals surface area contributed by atoms with Crippen molar-refractivity contribution in [2.75, 3.05) is 39.2 Å². The predicted molar refractivity (Wildman–Crippen MR) is 117 cm³/mol. The molecule has 0 spiro atoms. The smallest absolute Gasteiger partial charge is 0.227 e. The first-order valence-corrected chi connectivity index (χ1v) is 8.43. The fourth-order valence-corrected chi connectivity index (χ4v) is 2.11. The van der Waals surface area contributed by atoms with Gasteiger partial charge in [0.25, 0.3) is 0 Å². The van der Waals surface area contributed by atoms with Gasteiger partial charge in [-0.2, -0.15) is 0 Å². The Bertz CT molecular complexity index is 606. The molecule has 0 atom stereocenters. The van der Waals surface area contributed by atoms with Crippen molar-refractivity contribution < 1.29 is 14.3 Å². The Balaban J connectivity index is 0.00000625. The van der Waals surface area contributed by atoms with Crippen LogP contribution < -0.4 is 25.4 Å². The van der Waals surface area contributed by atoms with Gasteiger partial charge in [0.05, 0.1) is 26.2 Å². The molecule has 1 amide bonds. The minimum Gasteiger partial charge on any atom is -0.493 e. The third-order valence-electron chi connectivity index (χ3n) is 3.57. The summed E-state index contributed by atoms with van der Waals surface area (Å²) in [6, 6.07) is 5.53. The summed E-state index contributed by atoms with van der Waals surface area (Å²) in [5.74, 6) is 1.88. The van der Waals surface area contributed by atoms with Crippen molar-refractivity contribution in [3.8, 4) is 11.5 Å². The van der Waals surface area contributed by atoms with E-state index in [4.69, 9.17) is 9.47 Å². The van der Waals surface area contributed by atoms with Crippen molar-refractivity contribution in [2.45, 2.75) is 27.7 Å². The van der Waals surface area contributed by atoms with Crippen LogP contribution in [-0.4, -0.2) is 45.7 Å². The lowest BCUT2D eigenvalue weighted by Gasteiger charge is -2.22. The van der Waals surface area contributed by atoms with Gasteiger partial charge in [0, 0.05) is 24.8 Å². The monoisotopic (exact) mass is 478 g/mol. The lowest BCUT2D eigenvalue weighted by Crippen LogP contribution is -2.40. The molecule has 1 rings (SSSR count). The maximum Gasteiger partial charge on any atom is 0.227 e. The highest BCUT2D eigenvalue weighted by Gasteiger charge is 2.26. The van der Waals surface area contributed by atoms with E-state index in [1.165, 1.54) is 0 Å². The van der Waals surface area contributed by atoms with Crippen LogP contribution in [0, 0.1) is 5.41 Å². The van der Waals surface area contributed by atoms with Gasteiger partial charge >= 0.3 is 0 Å². The SMILES string of the molecule is CCNC(=O)C(C)(C)CN=C(NCC)Nc1ccc(OC)c(OC)c1.I. The van der Waals surface area contributed by atoms with Crippen molar-refractivity contribution in [1.29, 1.82) is 0 Å². The Morgan fingerprint density at radius 2 is 1.69 bits per heavy atom. The standard InChI is InChI=1S/C18H30N4O3.HI/c1-7-19-16(23)18(3,4)12-21-17(20-8-2)22-13-9-10-14(24-5)15(11-13)25-6;/h9-11H,7-8,12H2,1-6H3,(H,19,23)(H2,20,21,22);1H. The molecule has 7 nitrogen and oxygen atoms in total. The number of carbonyl (C=O) groups is 1. The van der Waals surface area contributed by atoms with Crippen LogP contribution in [0.4, 0.5) is 5.69 Å². The zero-order valence-electron chi connectivity index (χ0n) is 16.4. The number of halogens is 1. The molecule has 3 N–H and O–H groups in total. The molecule has 1 aromatic rings. The highest BCUT2D eigenvalue weighted by atomic mass is 127. The second-order valence-corrected chi connectivity index (χ2v) is 6.13. The van der Waals surface area contributed by atoms with Gasteiger partial charge in [-0.3, -0.25) is 9.79 Å². The number of anilines is 1. The van der Waals surface area contributed by atoms with Gasteiger partial charge in [0.15, 0.2) is 17.5 Å². The molecular weight excluding hydrogens is 447 g/mol. The average molecular weight is 478 g/mol. The normalized spacial score (nSPS) is 11.2. The second-order valence-electron chi connectivity index (χ2n) is 6.13. The molecule has 1 aromatic carbocycles. The number of ether oxygens (including phenoxy) is 2. The van der Waals surface area contributed by atoms with Crippen LogP contribution in [0.2, 0.25) is 0 Å². The van der Waals surface area contributed by atoms with Gasteiger partial charge in [-0.25, -0.2) is 0 Å². The van der Waals surface area contributed by atoms with Crippen molar-refractivity contribution >= 4 is 41.5 Å². The van der Waals surface area contributed by atoms with Crippen LogP contribution in [-0.2, 0) is 4.79 Å². The summed E-state index contributed by atoms with van der Waals surface area (Å²) in [4.78, 5) is 16.6. The van der Waals surface area contributed by atoms with Gasteiger partial charge in [-0.1, -0.05) is 0 Å². The summed E-state index contributed by atoms with van der Waals surface area (Å²) in [5, 5.41) is 9.24. The summed E-state index contributed by atoms with van der Waals surface area (Å²) in [6.45, 7) is 9.32. The Kier molecular flexibility index (Phi) is 11.0. The lowest BCUT2D eigenvalue weighted by molar-refractivity contribution is -0.128. The summed E-state index contributed by atoms with van der Waals surface area (Å²) < 4.78 is 10.6. The van der Waals surface area contributed by atoms with E-state index >= 15 is 0 Å². The number of benzene rings is 1. The summed E-state index contributed by atoms with van der Waals surface area (Å²) in [5.41, 5.74) is 0.226. The molecule has 26 heavy (non-hydrogen) atoms. The Hall–Kier alpha value is -1.71. The molecule has 8 heteroatoms. The van der Waals surface area contributed by atoms with E-state index in [1.54, 1.807) is 14.2 Å². The highest BCUT2D eigenvalue weighted by Crippen LogP contribution is 2.29. The number of methoxy groups -OCH3 is 2. The number of rotatable bonds is 8. The number of guanidine groups is 1. The topological polar surface area (TPSA) is 84.0 Å². The minimum atomic E-state index is -0.587. The van der Waals surface area contributed by atoms with E-state index in [9.17, 15) is 4.79 Å². The Morgan fingerprint density at radius 3 is 2.23 bits per heavy atom. The lowest BCUT2D eigenvalue weighted by atomic mass is 9.92. The molecule has 0 saturated carbocycles. The molecule has 0 bridgehead atoms. The Morgan fingerprint density at radius 1 is 1.08 bits per heavy atom. The van der Waals surface area contributed by atoms with Crippen molar-refractivity contribution in [3.05, 3.63) is 18.2 Å². The molecule has 0 aliphatic carbocycles. The first-order chi connectivity index (χ1) is 11.9. The largest absolute Gasteiger partial charge is 0.493 e. The molecule has 148 valence electrons. The quantitative estimate of drug-likeness (QED) is 0.304. The number of nitrogens with zero attached hydrogens (tertiary/aromatic N) is 1. The molecule has 0 fully saturated rings. The molecule has 0 aromatic heterocycles. The first kappa shape index (κ1) is 24.3. The zero-order valence-corrected chi connectivity index (χ0v) is 18.8. The van der Waals surface area contributed by atoms with Crippen molar-refractivity contribution in [3.63, 3.8) is 0 Å². The maximum atomic E-state index is 12.1. The van der Waals surface area contributed by atoms with E-state index in [1.807, 2.05) is 45.9 Å². The number of amides is 1. The van der Waals surface area contributed by atoms with Gasteiger partial charge in [0.2, 0.25) is 5.91 Å². The fourth-order valence-electron chi connectivity index (χ4n) is 2.11. The molecule has 0 unspecified atom stereocenters. The van der Waals surface area contributed by atoms with Crippen LogP contribution in [0.5, 0.6) is 11.5 Å². The average Bonchev–Trinajstić information content (AvgIpc) is 2.60. The number of hydrogen-bond donors (Lipinski definition) is 3. The van der Waals surface area contributed by atoms with Crippen LogP contribution in [0.25, 0.3) is 0 Å². The zero-order chi connectivity index (χ0) is 18.9. The molecule has 0 aliphatic rings. The van der Waals surface area contributed by atoms with Crippen LogP contribution in [0.3, 0.4) is 0 Å². The van der Waals surface area contributed by atoms with Gasteiger partial charge in [0.1, 0.15) is 0 Å². The van der Waals surface area contributed by atoms with Crippen LogP contribution >= 0.6 is 24.0 Å². The van der Waals surface area contributed by atoms with Crippen molar-refractivity contribution in [1.82, 2.24) is 10.6 Å². The minimum absolute atomic E-state index is 0. The van der Waals surface area contributed by atoms with Gasteiger partial charge in [-0.05, 0) is 39.8 Å². The third-order valence-corrected chi connectivity index (χ3v) is 3.57. The van der Waals surface area contributed by atoms with E-state index in [-0.39, 0.29) is 29.9 Å². The molecule has 0 radical (unpaired) electrons. The Labute approximate surface area is 173 Å². The second kappa shape index (κ2) is 11.8. The summed E-state index contributed by atoms with van der Waals surface area (Å²) >= 11 is 0. The molecular formula is C18H31IN4O3. The highest BCUT2D eigenvalue weighted by molar-refractivity contribution is 14.0. The summed E-state index contributed by atoms with van der Waals surface area (Å²) in [6.07, 6.45) is 0.